The van der Waals surface area contributed by atoms with Gasteiger partial charge in [0.25, 0.3) is 5.91 Å². The summed E-state index contributed by atoms with van der Waals surface area (Å²) in [5, 5.41) is 5.04. The van der Waals surface area contributed by atoms with Crippen molar-refractivity contribution in [1.82, 2.24) is 5.32 Å². The third kappa shape index (κ3) is 1.76. The SMILES string of the molecule is O=C(NC1CC1c1cccs1)c1ccco1. The number of amides is 1. The fourth-order valence-electron chi connectivity index (χ4n) is 1.82. The van der Waals surface area contributed by atoms with Crippen molar-refractivity contribution in [3.63, 3.8) is 0 Å². The quantitative estimate of drug-likeness (QED) is 0.885. The van der Waals surface area contributed by atoms with Gasteiger partial charge in [-0.05, 0) is 30.0 Å². The van der Waals surface area contributed by atoms with Crippen LogP contribution in [0.3, 0.4) is 0 Å². The molecule has 0 bridgehead atoms. The highest BCUT2D eigenvalue weighted by molar-refractivity contribution is 7.10. The number of hydrogen-bond acceptors (Lipinski definition) is 3. The van der Waals surface area contributed by atoms with E-state index >= 15 is 0 Å². The third-order valence-electron chi connectivity index (χ3n) is 2.76. The minimum Gasteiger partial charge on any atom is -0.459 e. The Labute approximate surface area is 97.1 Å². The molecule has 3 rings (SSSR count). The van der Waals surface area contributed by atoms with Gasteiger partial charge < -0.3 is 9.73 Å². The molecule has 1 fully saturated rings. The Bertz CT molecular complexity index is 475. The fraction of sp³-hybridized carbons (Fsp3) is 0.250. The highest BCUT2D eigenvalue weighted by Crippen LogP contribution is 2.42. The Balaban J connectivity index is 1.61. The molecular weight excluding hydrogens is 222 g/mol. The van der Waals surface area contributed by atoms with Crippen LogP contribution in [0, 0.1) is 0 Å². The normalized spacial score (nSPS) is 23.0. The zero-order valence-corrected chi connectivity index (χ0v) is 9.37. The highest BCUT2D eigenvalue weighted by atomic mass is 32.1. The first-order chi connectivity index (χ1) is 7.84. The largest absolute Gasteiger partial charge is 0.459 e. The summed E-state index contributed by atoms with van der Waals surface area (Å²) in [6.07, 6.45) is 2.55. The Morgan fingerprint density at radius 1 is 1.44 bits per heavy atom. The van der Waals surface area contributed by atoms with E-state index in [-0.39, 0.29) is 11.9 Å². The van der Waals surface area contributed by atoms with Crippen LogP contribution < -0.4 is 5.32 Å². The Morgan fingerprint density at radius 3 is 3.06 bits per heavy atom. The second-order valence-electron chi connectivity index (χ2n) is 3.91. The molecule has 2 aromatic rings. The van der Waals surface area contributed by atoms with E-state index in [1.54, 1.807) is 23.5 Å². The van der Waals surface area contributed by atoms with Gasteiger partial charge in [0.2, 0.25) is 0 Å². The van der Waals surface area contributed by atoms with Crippen molar-refractivity contribution >= 4 is 17.2 Å². The van der Waals surface area contributed by atoms with Crippen molar-refractivity contribution in [1.29, 1.82) is 0 Å². The molecule has 1 aliphatic carbocycles. The average molecular weight is 233 g/mol. The van der Waals surface area contributed by atoms with Crippen molar-refractivity contribution in [3.8, 4) is 0 Å². The van der Waals surface area contributed by atoms with Gasteiger partial charge in [-0.1, -0.05) is 6.07 Å². The molecule has 3 nitrogen and oxygen atoms in total. The van der Waals surface area contributed by atoms with Crippen molar-refractivity contribution in [3.05, 3.63) is 46.5 Å². The first-order valence-electron chi connectivity index (χ1n) is 5.22. The van der Waals surface area contributed by atoms with E-state index < -0.39 is 0 Å². The summed E-state index contributed by atoms with van der Waals surface area (Å²) in [4.78, 5) is 13.0. The molecule has 16 heavy (non-hydrogen) atoms. The second-order valence-corrected chi connectivity index (χ2v) is 4.89. The van der Waals surface area contributed by atoms with Crippen molar-refractivity contribution < 1.29 is 9.21 Å². The van der Waals surface area contributed by atoms with Gasteiger partial charge >= 0.3 is 0 Å². The van der Waals surface area contributed by atoms with E-state index in [4.69, 9.17) is 4.42 Å². The number of hydrogen-bond donors (Lipinski definition) is 1. The monoisotopic (exact) mass is 233 g/mol. The number of rotatable bonds is 3. The second kappa shape index (κ2) is 3.79. The minimum absolute atomic E-state index is 0.117. The van der Waals surface area contributed by atoms with E-state index in [2.05, 4.69) is 16.8 Å². The van der Waals surface area contributed by atoms with E-state index in [0.29, 0.717) is 11.7 Å². The van der Waals surface area contributed by atoms with Crippen LogP contribution in [0.15, 0.2) is 40.3 Å². The van der Waals surface area contributed by atoms with Gasteiger partial charge in [0.15, 0.2) is 5.76 Å². The first-order valence-corrected chi connectivity index (χ1v) is 6.10. The molecular formula is C12H11NO2S. The molecule has 82 valence electrons. The van der Waals surface area contributed by atoms with E-state index in [0.717, 1.165) is 6.42 Å². The smallest absolute Gasteiger partial charge is 0.287 e. The van der Waals surface area contributed by atoms with Gasteiger partial charge in [-0.2, -0.15) is 0 Å². The van der Waals surface area contributed by atoms with Gasteiger partial charge in [0, 0.05) is 16.8 Å². The maximum atomic E-state index is 11.7. The van der Waals surface area contributed by atoms with Crippen LogP contribution in [0.5, 0.6) is 0 Å². The van der Waals surface area contributed by atoms with Crippen LogP contribution in [0.1, 0.15) is 27.8 Å². The Hall–Kier alpha value is -1.55. The lowest BCUT2D eigenvalue weighted by atomic mass is 10.3. The van der Waals surface area contributed by atoms with Gasteiger partial charge in [-0.15, -0.1) is 11.3 Å². The molecule has 0 saturated heterocycles. The summed E-state index contributed by atoms with van der Waals surface area (Å²) < 4.78 is 5.04. The van der Waals surface area contributed by atoms with Gasteiger partial charge in [0.05, 0.1) is 6.26 Å². The standard InChI is InChI=1S/C12H11NO2S/c14-12(10-3-1-5-15-10)13-9-7-8(9)11-4-2-6-16-11/h1-6,8-9H,7H2,(H,13,14). The van der Waals surface area contributed by atoms with Crippen LogP contribution in [0.2, 0.25) is 0 Å². The predicted octanol–water partition coefficient (Wildman–Crippen LogP) is 2.63. The minimum atomic E-state index is -0.117. The molecule has 0 aromatic carbocycles. The molecule has 4 heteroatoms. The van der Waals surface area contributed by atoms with Crippen molar-refractivity contribution in [2.75, 3.05) is 0 Å². The summed E-state index contributed by atoms with van der Waals surface area (Å²) >= 11 is 1.75. The number of furan rings is 1. The van der Waals surface area contributed by atoms with Gasteiger partial charge in [0.1, 0.15) is 0 Å². The molecule has 2 aromatic heterocycles. The number of nitrogens with one attached hydrogen (secondary N) is 1. The van der Waals surface area contributed by atoms with E-state index in [9.17, 15) is 4.79 Å². The van der Waals surface area contributed by atoms with Gasteiger partial charge in [-0.25, -0.2) is 0 Å². The molecule has 1 N–H and O–H groups in total. The third-order valence-corrected chi connectivity index (χ3v) is 3.76. The molecule has 2 heterocycles. The Kier molecular flexibility index (Phi) is 2.29. The zero-order chi connectivity index (χ0) is 11.0. The maximum absolute atomic E-state index is 11.7. The van der Waals surface area contributed by atoms with Crippen molar-refractivity contribution in [2.24, 2.45) is 0 Å². The van der Waals surface area contributed by atoms with Crippen LogP contribution in [0.4, 0.5) is 0 Å². The molecule has 1 saturated carbocycles. The number of carbonyl (C=O) groups excluding carboxylic acids is 1. The predicted molar refractivity (Wildman–Crippen MR) is 61.6 cm³/mol. The molecule has 2 unspecified atom stereocenters. The lowest BCUT2D eigenvalue weighted by molar-refractivity contribution is 0.0922. The fourth-order valence-corrected chi connectivity index (χ4v) is 2.73. The van der Waals surface area contributed by atoms with Crippen molar-refractivity contribution in [2.45, 2.75) is 18.4 Å². The lowest BCUT2D eigenvalue weighted by Crippen LogP contribution is -2.25. The molecule has 0 radical (unpaired) electrons. The molecule has 0 spiro atoms. The Morgan fingerprint density at radius 2 is 2.38 bits per heavy atom. The number of carbonyl (C=O) groups is 1. The summed E-state index contributed by atoms with van der Waals surface area (Å²) in [5.74, 6) is 0.768. The zero-order valence-electron chi connectivity index (χ0n) is 8.55. The van der Waals surface area contributed by atoms with E-state index in [1.165, 1.54) is 11.1 Å². The number of thiophene rings is 1. The lowest BCUT2D eigenvalue weighted by Gasteiger charge is -2.00. The van der Waals surface area contributed by atoms with Crippen LogP contribution in [-0.2, 0) is 0 Å². The van der Waals surface area contributed by atoms with Crippen LogP contribution in [-0.4, -0.2) is 11.9 Å². The summed E-state index contributed by atoms with van der Waals surface area (Å²) in [7, 11) is 0. The van der Waals surface area contributed by atoms with Gasteiger partial charge in [-0.3, -0.25) is 4.79 Å². The molecule has 0 aliphatic heterocycles. The van der Waals surface area contributed by atoms with Crippen LogP contribution in [0.25, 0.3) is 0 Å². The molecule has 2 atom stereocenters. The summed E-state index contributed by atoms with van der Waals surface area (Å²) in [6.45, 7) is 0. The topological polar surface area (TPSA) is 42.2 Å². The van der Waals surface area contributed by atoms with Crippen LogP contribution >= 0.6 is 11.3 Å². The molecule has 1 amide bonds. The summed E-state index contributed by atoms with van der Waals surface area (Å²) in [5.41, 5.74) is 0. The van der Waals surface area contributed by atoms with E-state index in [1.807, 2.05) is 6.07 Å². The first kappa shape index (κ1) is 9.66. The maximum Gasteiger partial charge on any atom is 0.287 e. The average Bonchev–Trinajstić information content (AvgIpc) is 2.84. The highest BCUT2D eigenvalue weighted by Gasteiger charge is 2.40. The molecule has 1 aliphatic rings. The summed E-state index contributed by atoms with van der Waals surface area (Å²) in [6, 6.07) is 7.84.